The van der Waals surface area contributed by atoms with Gasteiger partial charge in [0.05, 0.1) is 12.7 Å². The lowest BCUT2D eigenvalue weighted by Gasteiger charge is -2.21. The van der Waals surface area contributed by atoms with E-state index in [0.717, 1.165) is 49.1 Å². The standard InChI is InChI=1S/C26H28F2N4O2S.ClH/c1-16(33)20-12-18(6-8-23(20)34-3)26-13-19(26)14-32(15-26)9-4-10-35-25-30-29-24(31(25)2)17-5-7-21(27)22(28)11-17;/h5-8,11-12,19H,4,9-10,13-15H2,1-3H3;1H/t19-,26+;/m0./s1. The molecule has 3 aromatic rings. The molecule has 2 fully saturated rings. The van der Waals surface area contributed by atoms with Gasteiger partial charge in [0.2, 0.25) is 0 Å². The van der Waals surface area contributed by atoms with Crippen LogP contribution in [0.1, 0.15) is 35.7 Å². The number of methoxy groups -OCH3 is 1. The van der Waals surface area contributed by atoms with Crippen LogP contribution in [0.25, 0.3) is 11.4 Å². The minimum absolute atomic E-state index is 0. The number of carbonyl (C=O) groups excluding carboxylic acids is 1. The Balaban J connectivity index is 0.00000304. The summed E-state index contributed by atoms with van der Waals surface area (Å²) < 4.78 is 34.0. The molecule has 5 rings (SSSR count). The van der Waals surface area contributed by atoms with Crippen LogP contribution in [0.15, 0.2) is 41.6 Å². The normalized spacial score (nSPS) is 20.6. The van der Waals surface area contributed by atoms with E-state index in [2.05, 4.69) is 21.2 Å². The average molecular weight is 535 g/mol. The van der Waals surface area contributed by atoms with Crippen molar-refractivity contribution in [2.24, 2.45) is 13.0 Å². The molecule has 1 aliphatic heterocycles. The molecule has 2 aliphatic rings. The van der Waals surface area contributed by atoms with Crippen molar-refractivity contribution in [2.45, 2.75) is 30.3 Å². The first-order chi connectivity index (χ1) is 16.8. The second-order valence-corrected chi connectivity index (χ2v) is 10.5. The molecule has 2 heterocycles. The zero-order valence-corrected chi connectivity index (χ0v) is 22.1. The van der Waals surface area contributed by atoms with Crippen molar-refractivity contribution >= 4 is 30.0 Å². The molecule has 36 heavy (non-hydrogen) atoms. The zero-order valence-electron chi connectivity index (χ0n) is 20.5. The molecule has 1 aliphatic carbocycles. The molecule has 1 saturated heterocycles. The molecule has 192 valence electrons. The second-order valence-electron chi connectivity index (χ2n) is 9.46. The van der Waals surface area contributed by atoms with Crippen LogP contribution < -0.4 is 4.74 Å². The summed E-state index contributed by atoms with van der Waals surface area (Å²) in [4.78, 5) is 14.6. The molecule has 0 N–H and O–H groups in total. The van der Waals surface area contributed by atoms with Gasteiger partial charge >= 0.3 is 0 Å². The third kappa shape index (κ3) is 4.88. The average Bonchev–Trinajstić information content (AvgIpc) is 3.22. The highest BCUT2D eigenvalue weighted by atomic mass is 35.5. The third-order valence-electron chi connectivity index (χ3n) is 7.23. The van der Waals surface area contributed by atoms with Crippen LogP contribution in [0.5, 0.6) is 5.75 Å². The van der Waals surface area contributed by atoms with E-state index in [0.29, 0.717) is 28.6 Å². The summed E-state index contributed by atoms with van der Waals surface area (Å²) in [6, 6.07) is 9.82. The minimum atomic E-state index is -0.895. The van der Waals surface area contributed by atoms with Crippen LogP contribution in [0.3, 0.4) is 0 Å². The number of halogens is 3. The van der Waals surface area contributed by atoms with E-state index in [1.807, 2.05) is 23.7 Å². The van der Waals surface area contributed by atoms with Gasteiger partial charge in [-0.05, 0) is 68.1 Å². The summed E-state index contributed by atoms with van der Waals surface area (Å²) >= 11 is 1.61. The summed E-state index contributed by atoms with van der Waals surface area (Å²) in [5.41, 5.74) is 2.56. The van der Waals surface area contributed by atoms with Gasteiger partial charge in [-0.1, -0.05) is 17.8 Å². The van der Waals surface area contributed by atoms with Gasteiger partial charge in [0.25, 0.3) is 0 Å². The lowest BCUT2D eigenvalue weighted by molar-refractivity contribution is 0.101. The Hall–Kier alpha value is -2.49. The number of ketones is 1. The number of Topliss-reactive ketones (excluding diaryl/α,β-unsaturated/α-hetero) is 1. The quantitative estimate of drug-likeness (QED) is 0.215. The SMILES string of the molecule is COc1ccc([C@]23C[C@H]2CN(CCCSc2nnc(-c4ccc(F)c(F)c4)n2C)C3)cc1C(C)=O.Cl. The van der Waals surface area contributed by atoms with Gasteiger partial charge in [0, 0.05) is 36.9 Å². The molecular formula is C26H29ClF2N4O2S. The van der Waals surface area contributed by atoms with E-state index in [1.165, 1.54) is 18.1 Å². The van der Waals surface area contributed by atoms with Crippen LogP contribution in [-0.2, 0) is 12.5 Å². The van der Waals surface area contributed by atoms with Gasteiger partial charge in [-0.2, -0.15) is 0 Å². The van der Waals surface area contributed by atoms with Crippen molar-refractivity contribution in [2.75, 3.05) is 32.5 Å². The fourth-order valence-corrected chi connectivity index (χ4v) is 6.11. The number of hydrogen-bond acceptors (Lipinski definition) is 6. The van der Waals surface area contributed by atoms with Crippen LogP contribution >= 0.6 is 24.2 Å². The van der Waals surface area contributed by atoms with Crippen molar-refractivity contribution in [3.8, 4) is 17.1 Å². The van der Waals surface area contributed by atoms with Crippen molar-refractivity contribution in [1.29, 1.82) is 0 Å². The topological polar surface area (TPSA) is 60.2 Å². The summed E-state index contributed by atoms with van der Waals surface area (Å²) in [6.07, 6.45) is 2.18. The number of aromatic nitrogens is 3. The minimum Gasteiger partial charge on any atom is -0.496 e. The van der Waals surface area contributed by atoms with Crippen molar-refractivity contribution in [3.05, 3.63) is 59.2 Å². The van der Waals surface area contributed by atoms with Gasteiger partial charge in [0.1, 0.15) is 5.75 Å². The summed E-state index contributed by atoms with van der Waals surface area (Å²) in [7, 11) is 3.43. The number of thioether (sulfide) groups is 1. The molecule has 0 unspecified atom stereocenters. The first-order valence-corrected chi connectivity index (χ1v) is 12.7. The number of nitrogens with zero attached hydrogens (tertiary/aromatic N) is 4. The number of benzene rings is 2. The number of piperidine rings is 1. The zero-order chi connectivity index (χ0) is 24.7. The number of fused-ring (bicyclic) bond motifs is 1. The highest BCUT2D eigenvalue weighted by molar-refractivity contribution is 7.99. The molecule has 0 spiro atoms. The Morgan fingerprint density at radius 2 is 2.00 bits per heavy atom. The molecule has 2 atom stereocenters. The molecular weight excluding hydrogens is 506 g/mol. The number of rotatable bonds is 9. The summed E-state index contributed by atoms with van der Waals surface area (Å²) in [5.74, 6) is 0.929. The van der Waals surface area contributed by atoms with E-state index in [9.17, 15) is 13.6 Å². The Morgan fingerprint density at radius 3 is 2.72 bits per heavy atom. The van der Waals surface area contributed by atoms with E-state index >= 15 is 0 Å². The molecule has 1 aromatic heterocycles. The van der Waals surface area contributed by atoms with Gasteiger partial charge < -0.3 is 14.2 Å². The smallest absolute Gasteiger partial charge is 0.191 e. The van der Waals surface area contributed by atoms with E-state index in [-0.39, 0.29) is 23.6 Å². The Kier molecular flexibility index (Phi) is 7.73. The maximum atomic E-state index is 13.6. The van der Waals surface area contributed by atoms with E-state index in [4.69, 9.17) is 4.74 Å². The largest absolute Gasteiger partial charge is 0.496 e. The predicted molar refractivity (Wildman–Crippen MR) is 138 cm³/mol. The Bertz CT molecular complexity index is 1290. The lowest BCUT2D eigenvalue weighted by atomic mass is 9.92. The van der Waals surface area contributed by atoms with Gasteiger partial charge in [0.15, 0.2) is 28.4 Å². The molecule has 1 saturated carbocycles. The number of carbonyl (C=O) groups is 1. The van der Waals surface area contributed by atoms with Gasteiger partial charge in [-0.15, -0.1) is 22.6 Å². The monoisotopic (exact) mass is 534 g/mol. The number of likely N-dealkylation sites (tertiary alicyclic amines) is 1. The maximum Gasteiger partial charge on any atom is 0.191 e. The lowest BCUT2D eigenvalue weighted by Crippen LogP contribution is -2.28. The first-order valence-electron chi connectivity index (χ1n) is 11.7. The van der Waals surface area contributed by atoms with Gasteiger partial charge in [-0.3, -0.25) is 4.79 Å². The van der Waals surface area contributed by atoms with Crippen LogP contribution in [0.2, 0.25) is 0 Å². The number of ether oxygens (including phenoxy) is 1. The Labute approximate surface area is 219 Å². The fraction of sp³-hybridized carbons (Fsp3) is 0.423. The van der Waals surface area contributed by atoms with Crippen LogP contribution in [-0.4, -0.2) is 57.9 Å². The highest BCUT2D eigenvalue weighted by Gasteiger charge is 2.60. The van der Waals surface area contributed by atoms with Crippen LogP contribution in [0.4, 0.5) is 8.78 Å². The highest BCUT2D eigenvalue weighted by Crippen LogP contribution is 2.59. The second kappa shape index (κ2) is 10.5. The number of hydrogen-bond donors (Lipinski definition) is 0. The fourth-order valence-electron chi connectivity index (χ4n) is 5.28. The molecule has 0 radical (unpaired) electrons. The summed E-state index contributed by atoms with van der Waals surface area (Å²) in [5, 5.41) is 9.14. The first kappa shape index (κ1) is 26.6. The third-order valence-corrected chi connectivity index (χ3v) is 8.34. The van der Waals surface area contributed by atoms with Crippen molar-refractivity contribution in [3.63, 3.8) is 0 Å². The van der Waals surface area contributed by atoms with E-state index < -0.39 is 11.6 Å². The molecule has 6 nitrogen and oxygen atoms in total. The van der Waals surface area contributed by atoms with Gasteiger partial charge in [-0.25, -0.2) is 8.78 Å². The molecule has 10 heteroatoms. The summed E-state index contributed by atoms with van der Waals surface area (Å²) in [6.45, 7) is 4.67. The molecule has 0 amide bonds. The van der Waals surface area contributed by atoms with Crippen molar-refractivity contribution < 1.29 is 18.3 Å². The predicted octanol–water partition coefficient (Wildman–Crippen LogP) is 5.15. The molecule has 0 bridgehead atoms. The van der Waals surface area contributed by atoms with Crippen molar-refractivity contribution in [1.82, 2.24) is 19.7 Å². The maximum absolute atomic E-state index is 13.6. The Morgan fingerprint density at radius 1 is 1.19 bits per heavy atom. The molecule has 2 aromatic carbocycles. The van der Waals surface area contributed by atoms with Crippen LogP contribution in [0, 0.1) is 17.6 Å². The van der Waals surface area contributed by atoms with E-state index in [1.54, 1.807) is 25.8 Å².